The van der Waals surface area contributed by atoms with Crippen LogP contribution >= 0.6 is 0 Å². The summed E-state index contributed by atoms with van der Waals surface area (Å²) in [6.45, 7) is 6.38. The topological polar surface area (TPSA) is 74.6 Å². The molecule has 6 heteroatoms. The lowest BCUT2D eigenvalue weighted by atomic mass is 9.74. The largest absolute Gasteiger partial charge is 0.472 e. The molecule has 132 valence electrons. The van der Waals surface area contributed by atoms with Gasteiger partial charge < -0.3 is 15.1 Å². The van der Waals surface area contributed by atoms with Gasteiger partial charge in [0.05, 0.1) is 19.1 Å². The van der Waals surface area contributed by atoms with Crippen molar-refractivity contribution in [2.24, 2.45) is 11.8 Å². The van der Waals surface area contributed by atoms with Gasteiger partial charge in [0.15, 0.2) is 0 Å². The molecule has 0 radical (unpaired) electrons. The molecule has 0 bridgehead atoms. The highest BCUT2D eigenvalue weighted by molar-refractivity contribution is 6.07. The number of nitrogens with one attached hydrogen (secondary N) is 2. The minimum absolute atomic E-state index is 0.0683. The van der Waals surface area contributed by atoms with Gasteiger partial charge in [-0.05, 0) is 56.7 Å². The molecule has 0 aromatic carbocycles. The second-order valence-corrected chi connectivity index (χ2v) is 7.38. The Morgan fingerprint density at radius 1 is 1.33 bits per heavy atom. The molecule has 3 heterocycles. The van der Waals surface area contributed by atoms with E-state index in [1.165, 1.54) is 4.90 Å². The average molecular weight is 333 g/mol. The zero-order valence-corrected chi connectivity index (χ0v) is 14.5. The standard InChI is InChI=1S/C18H27N3O3/c1-13(2)3-7-18(15-4-8-19-9-5-15)16(22)21(17(23)20-18)11-14-6-10-24-12-14/h6,10,12-13,15,19H,3-5,7-9,11H2,1-2H3,(H,20,23)/t18-/m0/s1. The van der Waals surface area contributed by atoms with Crippen molar-refractivity contribution in [3.05, 3.63) is 24.2 Å². The maximum Gasteiger partial charge on any atom is 0.325 e. The van der Waals surface area contributed by atoms with Crippen LogP contribution in [0.4, 0.5) is 4.79 Å². The Kier molecular flexibility index (Phi) is 4.94. The summed E-state index contributed by atoms with van der Waals surface area (Å²) in [6, 6.07) is 1.52. The van der Waals surface area contributed by atoms with Crippen LogP contribution in [-0.4, -0.2) is 35.5 Å². The van der Waals surface area contributed by atoms with Crippen molar-refractivity contribution in [3.8, 4) is 0 Å². The highest BCUT2D eigenvalue weighted by Gasteiger charge is 2.55. The Bertz CT molecular complexity index is 578. The van der Waals surface area contributed by atoms with Gasteiger partial charge in [-0.1, -0.05) is 13.8 Å². The maximum atomic E-state index is 13.3. The fourth-order valence-corrected chi connectivity index (χ4v) is 3.83. The summed E-state index contributed by atoms with van der Waals surface area (Å²) < 4.78 is 5.06. The maximum absolute atomic E-state index is 13.3. The number of nitrogens with zero attached hydrogens (tertiary/aromatic N) is 1. The van der Waals surface area contributed by atoms with Crippen LogP contribution in [0.2, 0.25) is 0 Å². The summed E-state index contributed by atoms with van der Waals surface area (Å²) in [7, 11) is 0. The number of furan rings is 1. The van der Waals surface area contributed by atoms with Crippen LogP contribution in [-0.2, 0) is 11.3 Å². The lowest BCUT2D eigenvalue weighted by Gasteiger charge is -2.38. The van der Waals surface area contributed by atoms with Crippen LogP contribution in [0.25, 0.3) is 0 Å². The van der Waals surface area contributed by atoms with Crippen molar-refractivity contribution in [2.75, 3.05) is 13.1 Å². The molecule has 3 rings (SSSR count). The third-order valence-electron chi connectivity index (χ3n) is 5.27. The second-order valence-electron chi connectivity index (χ2n) is 7.38. The van der Waals surface area contributed by atoms with Crippen molar-refractivity contribution in [1.29, 1.82) is 0 Å². The number of urea groups is 1. The molecule has 6 nitrogen and oxygen atoms in total. The number of carbonyl (C=O) groups is 2. The van der Waals surface area contributed by atoms with Gasteiger partial charge in [-0.15, -0.1) is 0 Å². The molecule has 2 N–H and O–H groups in total. The summed E-state index contributed by atoms with van der Waals surface area (Å²) in [5, 5.41) is 6.43. The zero-order chi connectivity index (χ0) is 17.2. The first-order chi connectivity index (χ1) is 11.5. The van der Waals surface area contributed by atoms with E-state index in [-0.39, 0.29) is 24.4 Å². The first kappa shape index (κ1) is 17.0. The van der Waals surface area contributed by atoms with Gasteiger partial charge in [-0.2, -0.15) is 0 Å². The first-order valence-electron chi connectivity index (χ1n) is 8.89. The molecule has 3 amide bonds. The molecule has 24 heavy (non-hydrogen) atoms. The lowest BCUT2D eigenvalue weighted by Crippen LogP contribution is -2.55. The Balaban J connectivity index is 1.84. The SMILES string of the molecule is CC(C)CC[C@@]1(C2CCNCC2)NC(=O)N(Cc2ccoc2)C1=O. The Labute approximate surface area is 143 Å². The van der Waals surface area contributed by atoms with Crippen LogP contribution in [0.15, 0.2) is 23.0 Å². The van der Waals surface area contributed by atoms with E-state index in [0.717, 1.165) is 37.9 Å². The van der Waals surface area contributed by atoms with E-state index >= 15 is 0 Å². The van der Waals surface area contributed by atoms with Crippen molar-refractivity contribution in [3.63, 3.8) is 0 Å². The van der Waals surface area contributed by atoms with Gasteiger partial charge in [-0.3, -0.25) is 9.69 Å². The van der Waals surface area contributed by atoms with E-state index in [4.69, 9.17) is 4.42 Å². The molecule has 1 atom stereocenters. The van der Waals surface area contributed by atoms with E-state index in [2.05, 4.69) is 24.5 Å². The molecule has 2 aliphatic rings. The van der Waals surface area contributed by atoms with E-state index in [1.807, 2.05) is 0 Å². The number of hydrogen-bond acceptors (Lipinski definition) is 4. The predicted molar refractivity (Wildman–Crippen MR) is 90.2 cm³/mol. The molecule has 2 aliphatic heterocycles. The van der Waals surface area contributed by atoms with Crippen molar-refractivity contribution < 1.29 is 14.0 Å². The summed E-state index contributed by atoms with van der Waals surface area (Å²) in [5.74, 6) is 0.626. The van der Waals surface area contributed by atoms with Crippen molar-refractivity contribution in [2.45, 2.75) is 51.6 Å². The molecule has 1 aromatic rings. The van der Waals surface area contributed by atoms with E-state index < -0.39 is 5.54 Å². The molecule has 0 aliphatic carbocycles. The van der Waals surface area contributed by atoms with Gasteiger partial charge in [0.2, 0.25) is 0 Å². The Morgan fingerprint density at radius 2 is 2.08 bits per heavy atom. The number of imide groups is 1. The summed E-state index contributed by atoms with van der Waals surface area (Å²) in [6.07, 6.45) is 6.62. The molecule has 0 saturated carbocycles. The predicted octanol–water partition coefficient (Wildman–Crippen LogP) is 2.51. The lowest BCUT2D eigenvalue weighted by molar-refractivity contribution is -0.134. The molecule has 0 spiro atoms. The number of carbonyl (C=O) groups excluding carboxylic acids is 2. The van der Waals surface area contributed by atoms with Crippen LogP contribution in [0.1, 0.15) is 45.1 Å². The van der Waals surface area contributed by atoms with Gasteiger partial charge in [-0.25, -0.2) is 4.79 Å². The normalized spacial score (nSPS) is 25.5. The monoisotopic (exact) mass is 333 g/mol. The van der Waals surface area contributed by atoms with Crippen LogP contribution in [0, 0.1) is 11.8 Å². The minimum atomic E-state index is -0.743. The number of amides is 3. The van der Waals surface area contributed by atoms with Crippen molar-refractivity contribution in [1.82, 2.24) is 15.5 Å². The van der Waals surface area contributed by atoms with Crippen LogP contribution in [0.5, 0.6) is 0 Å². The highest BCUT2D eigenvalue weighted by Crippen LogP contribution is 2.37. The minimum Gasteiger partial charge on any atom is -0.472 e. The van der Waals surface area contributed by atoms with E-state index in [9.17, 15) is 9.59 Å². The molecular weight excluding hydrogens is 306 g/mol. The average Bonchev–Trinajstić information content (AvgIpc) is 3.17. The molecule has 0 unspecified atom stereocenters. The van der Waals surface area contributed by atoms with E-state index in [1.54, 1.807) is 18.6 Å². The Morgan fingerprint density at radius 3 is 2.71 bits per heavy atom. The first-order valence-corrected chi connectivity index (χ1v) is 8.89. The van der Waals surface area contributed by atoms with E-state index in [0.29, 0.717) is 12.3 Å². The summed E-state index contributed by atoms with van der Waals surface area (Å²) >= 11 is 0. The third-order valence-corrected chi connectivity index (χ3v) is 5.27. The molecule has 1 aromatic heterocycles. The van der Waals surface area contributed by atoms with Gasteiger partial charge in [0, 0.05) is 5.56 Å². The van der Waals surface area contributed by atoms with Gasteiger partial charge in [0.1, 0.15) is 5.54 Å². The zero-order valence-electron chi connectivity index (χ0n) is 14.5. The second kappa shape index (κ2) is 6.97. The van der Waals surface area contributed by atoms with Crippen LogP contribution < -0.4 is 10.6 Å². The molecular formula is C18H27N3O3. The van der Waals surface area contributed by atoms with Gasteiger partial charge in [0.25, 0.3) is 5.91 Å². The van der Waals surface area contributed by atoms with Crippen molar-refractivity contribution >= 4 is 11.9 Å². The molecule has 2 fully saturated rings. The van der Waals surface area contributed by atoms with Gasteiger partial charge >= 0.3 is 6.03 Å². The Hall–Kier alpha value is -1.82. The fraction of sp³-hybridized carbons (Fsp3) is 0.667. The quantitative estimate of drug-likeness (QED) is 0.785. The summed E-state index contributed by atoms with van der Waals surface area (Å²) in [4.78, 5) is 27.2. The highest BCUT2D eigenvalue weighted by atomic mass is 16.3. The van der Waals surface area contributed by atoms with Crippen LogP contribution in [0.3, 0.4) is 0 Å². The number of piperidine rings is 1. The third kappa shape index (κ3) is 3.20. The number of rotatable bonds is 6. The molecule has 2 saturated heterocycles. The summed E-state index contributed by atoms with van der Waals surface area (Å²) in [5.41, 5.74) is 0.0937. The number of hydrogen-bond donors (Lipinski definition) is 2. The smallest absolute Gasteiger partial charge is 0.325 e. The fourth-order valence-electron chi connectivity index (χ4n) is 3.83.